The molecule has 1 amide bonds. The molecular weight excluding hydrogens is 223 g/mol. The van der Waals surface area contributed by atoms with Gasteiger partial charge in [-0.05, 0) is 18.2 Å². The lowest BCUT2D eigenvalue weighted by atomic mass is 10.2. The number of hydrogen-bond acceptors (Lipinski definition) is 3. The van der Waals surface area contributed by atoms with E-state index in [1.54, 1.807) is 0 Å². The van der Waals surface area contributed by atoms with E-state index in [-0.39, 0.29) is 16.9 Å². The quantitative estimate of drug-likeness (QED) is 0.823. The van der Waals surface area contributed by atoms with E-state index in [9.17, 15) is 9.18 Å². The number of carbonyl (C=O) groups excluding carboxylic acids is 1. The van der Waals surface area contributed by atoms with Crippen molar-refractivity contribution in [3.8, 4) is 6.07 Å². The summed E-state index contributed by atoms with van der Waals surface area (Å²) >= 11 is 0. The fraction of sp³-hybridized carbons (Fsp3) is 0. The molecular formula is C11H7FN4O. The Balaban J connectivity index is 2.21. The minimum absolute atomic E-state index is 0.170. The zero-order chi connectivity index (χ0) is 12.3. The number of anilines is 1. The fourth-order valence-electron chi connectivity index (χ4n) is 1.28. The Bertz CT molecular complexity index is 600. The number of nitrogens with one attached hydrogen (secondary N) is 2. The molecule has 1 aromatic heterocycles. The van der Waals surface area contributed by atoms with Gasteiger partial charge in [0.15, 0.2) is 0 Å². The third-order valence-corrected chi connectivity index (χ3v) is 2.09. The standard InChI is InChI=1S/C11H7FN4O/c12-9-3-1-2-7(4-9)11(17)15-10-8(5-13)6-14-16-10/h1-4,6H,(H2,14,15,16,17). The molecule has 84 valence electrons. The average Bonchev–Trinajstić information content (AvgIpc) is 2.76. The first-order valence-electron chi connectivity index (χ1n) is 4.71. The number of nitrogens with zero attached hydrogens (tertiary/aromatic N) is 2. The van der Waals surface area contributed by atoms with E-state index in [4.69, 9.17) is 5.26 Å². The molecule has 0 aliphatic carbocycles. The summed E-state index contributed by atoms with van der Waals surface area (Å²) in [6.07, 6.45) is 1.29. The van der Waals surface area contributed by atoms with Gasteiger partial charge < -0.3 is 5.32 Å². The minimum Gasteiger partial charge on any atom is -0.306 e. The molecule has 0 saturated heterocycles. The smallest absolute Gasteiger partial charge is 0.256 e. The van der Waals surface area contributed by atoms with Gasteiger partial charge >= 0.3 is 0 Å². The summed E-state index contributed by atoms with van der Waals surface area (Å²) in [5.74, 6) is -0.810. The third kappa shape index (κ3) is 2.29. The second-order valence-corrected chi connectivity index (χ2v) is 3.23. The van der Waals surface area contributed by atoms with Gasteiger partial charge in [0.05, 0.1) is 6.20 Å². The van der Waals surface area contributed by atoms with E-state index >= 15 is 0 Å². The molecule has 5 nitrogen and oxygen atoms in total. The molecule has 0 radical (unpaired) electrons. The average molecular weight is 230 g/mol. The van der Waals surface area contributed by atoms with Gasteiger partial charge in [0.2, 0.25) is 0 Å². The number of halogens is 1. The number of carbonyl (C=O) groups is 1. The first kappa shape index (κ1) is 10.8. The van der Waals surface area contributed by atoms with Gasteiger partial charge in [-0.2, -0.15) is 10.4 Å². The van der Waals surface area contributed by atoms with Gasteiger partial charge in [-0.25, -0.2) is 4.39 Å². The van der Waals surface area contributed by atoms with Crippen LogP contribution in [-0.4, -0.2) is 16.1 Å². The minimum atomic E-state index is -0.509. The molecule has 2 aromatic rings. The second kappa shape index (κ2) is 4.45. The van der Waals surface area contributed by atoms with Crippen molar-refractivity contribution >= 4 is 11.7 Å². The lowest BCUT2D eigenvalue weighted by Gasteiger charge is -2.02. The predicted molar refractivity (Wildman–Crippen MR) is 57.7 cm³/mol. The Labute approximate surface area is 95.9 Å². The Morgan fingerprint density at radius 1 is 1.53 bits per heavy atom. The number of hydrogen-bond donors (Lipinski definition) is 2. The van der Waals surface area contributed by atoms with E-state index < -0.39 is 11.7 Å². The zero-order valence-electron chi connectivity index (χ0n) is 8.57. The fourth-order valence-corrected chi connectivity index (χ4v) is 1.28. The van der Waals surface area contributed by atoms with Crippen molar-refractivity contribution < 1.29 is 9.18 Å². The van der Waals surface area contributed by atoms with E-state index in [0.717, 1.165) is 6.07 Å². The van der Waals surface area contributed by atoms with Crippen molar-refractivity contribution in [1.29, 1.82) is 5.26 Å². The van der Waals surface area contributed by atoms with E-state index in [1.165, 1.54) is 24.4 Å². The summed E-state index contributed by atoms with van der Waals surface area (Å²) in [7, 11) is 0. The Morgan fingerprint density at radius 2 is 2.35 bits per heavy atom. The number of aromatic nitrogens is 2. The lowest BCUT2D eigenvalue weighted by Crippen LogP contribution is -2.13. The summed E-state index contributed by atoms with van der Waals surface area (Å²) in [6, 6.07) is 7.12. The molecule has 0 aliphatic heterocycles. The van der Waals surface area contributed by atoms with E-state index in [2.05, 4.69) is 15.5 Å². The van der Waals surface area contributed by atoms with Crippen LogP contribution < -0.4 is 5.32 Å². The Hall–Kier alpha value is -2.68. The summed E-state index contributed by atoms with van der Waals surface area (Å²) < 4.78 is 12.9. The second-order valence-electron chi connectivity index (χ2n) is 3.23. The molecule has 17 heavy (non-hydrogen) atoms. The van der Waals surface area contributed by atoms with Crippen LogP contribution in [0, 0.1) is 17.1 Å². The highest BCUT2D eigenvalue weighted by atomic mass is 19.1. The predicted octanol–water partition coefficient (Wildman–Crippen LogP) is 1.67. The summed E-state index contributed by atoms with van der Waals surface area (Å²) in [5.41, 5.74) is 0.387. The van der Waals surface area contributed by atoms with Crippen LogP contribution in [0.15, 0.2) is 30.5 Å². The Morgan fingerprint density at radius 3 is 3.06 bits per heavy atom. The van der Waals surface area contributed by atoms with Crippen molar-refractivity contribution in [2.75, 3.05) is 5.32 Å². The first-order chi connectivity index (χ1) is 8.20. The van der Waals surface area contributed by atoms with Crippen LogP contribution in [0.3, 0.4) is 0 Å². The number of H-pyrrole nitrogens is 1. The molecule has 1 aromatic carbocycles. The lowest BCUT2D eigenvalue weighted by molar-refractivity contribution is 0.102. The molecule has 0 fully saturated rings. The zero-order valence-corrected chi connectivity index (χ0v) is 8.57. The third-order valence-electron chi connectivity index (χ3n) is 2.09. The maximum Gasteiger partial charge on any atom is 0.256 e. The van der Waals surface area contributed by atoms with E-state index in [0.29, 0.717) is 0 Å². The van der Waals surface area contributed by atoms with Gasteiger partial charge in [0, 0.05) is 5.56 Å². The number of amides is 1. The molecule has 1 heterocycles. The van der Waals surface area contributed by atoms with Crippen molar-refractivity contribution in [1.82, 2.24) is 10.2 Å². The number of benzene rings is 1. The van der Waals surface area contributed by atoms with Crippen molar-refractivity contribution in [2.24, 2.45) is 0 Å². The Kier molecular flexibility index (Phi) is 2.83. The van der Waals surface area contributed by atoms with Crippen LogP contribution in [0.25, 0.3) is 0 Å². The van der Waals surface area contributed by atoms with E-state index in [1.807, 2.05) is 6.07 Å². The molecule has 0 atom stereocenters. The molecule has 0 unspecified atom stereocenters. The van der Waals surface area contributed by atoms with Crippen LogP contribution in [0.1, 0.15) is 15.9 Å². The summed E-state index contributed by atoms with van der Waals surface area (Å²) in [4.78, 5) is 11.7. The molecule has 0 saturated carbocycles. The van der Waals surface area contributed by atoms with Crippen LogP contribution in [0.2, 0.25) is 0 Å². The van der Waals surface area contributed by atoms with Gasteiger partial charge in [0.1, 0.15) is 23.3 Å². The number of nitriles is 1. The van der Waals surface area contributed by atoms with Crippen molar-refractivity contribution in [2.45, 2.75) is 0 Å². The van der Waals surface area contributed by atoms with Gasteiger partial charge in [-0.1, -0.05) is 6.07 Å². The highest BCUT2D eigenvalue weighted by Gasteiger charge is 2.10. The van der Waals surface area contributed by atoms with Crippen molar-refractivity contribution in [3.05, 3.63) is 47.4 Å². The van der Waals surface area contributed by atoms with Crippen LogP contribution in [0.5, 0.6) is 0 Å². The maximum atomic E-state index is 12.9. The first-order valence-corrected chi connectivity index (χ1v) is 4.71. The molecule has 2 rings (SSSR count). The molecule has 6 heteroatoms. The molecule has 0 bridgehead atoms. The van der Waals surface area contributed by atoms with Crippen LogP contribution in [0.4, 0.5) is 10.2 Å². The molecule has 2 N–H and O–H groups in total. The molecule has 0 aliphatic rings. The largest absolute Gasteiger partial charge is 0.306 e. The van der Waals surface area contributed by atoms with Crippen LogP contribution >= 0.6 is 0 Å². The van der Waals surface area contributed by atoms with Gasteiger partial charge in [-0.15, -0.1) is 0 Å². The number of aromatic amines is 1. The van der Waals surface area contributed by atoms with Gasteiger partial charge in [0.25, 0.3) is 5.91 Å². The normalized spacial score (nSPS) is 9.65. The number of rotatable bonds is 2. The van der Waals surface area contributed by atoms with Crippen molar-refractivity contribution in [3.63, 3.8) is 0 Å². The highest BCUT2D eigenvalue weighted by molar-refractivity contribution is 6.04. The maximum absolute atomic E-state index is 12.9. The summed E-state index contributed by atoms with van der Waals surface area (Å²) in [6.45, 7) is 0. The molecule has 0 spiro atoms. The highest BCUT2D eigenvalue weighted by Crippen LogP contribution is 2.11. The van der Waals surface area contributed by atoms with Gasteiger partial charge in [-0.3, -0.25) is 9.89 Å². The monoisotopic (exact) mass is 230 g/mol. The summed E-state index contributed by atoms with van der Waals surface area (Å²) in [5, 5.41) is 17.2. The SMILES string of the molecule is N#Cc1cn[nH]c1NC(=O)c1cccc(F)c1. The topological polar surface area (TPSA) is 81.6 Å². The van der Waals surface area contributed by atoms with Crippen LogP contribution in [-0.2, 0) is 0 Å².